The summed E-state index contributed by atoms with van der Waals surface area (Å²) in [5.41, 5.74) is 13.5. The van der Waals surface area contributed by atoms with Gasteiger partial charge in [-0.1, -0.05) is 181 Å². The Hall–Kier alpha value is -7.01. The molecule has 2 heterocycles. The van der Waals surface area contributed by atoms with Crippen molar-refractivity contribution in [1.29, 1.82) is 0 Å². The maximum atomic E-state index is 5.29. The molecule has 3 nitrogen and oxygen atoms in total. The lowest BCUT2D eigenvalue weighted by Gasteiger charge is -2.17. The maximum Gasteiger partial charge on any atom is 0.164 e. The summed E-state index contributed by atoms with van der Waals surface area (Å²) in [7, 11) is 0. The Labute approximate surface area is 330 Å². The van der Waals surface area contributed by atoms with Gasteiger partial charge >= 0.3 is 0 Å². The third-order valence-electron chi connectivity index (χ3n) is 10.5. The zero-order valence-electron chi connectivity index (χ0n) is 30.7. The number of hydrogen-bond acceptors (Lipinski definition) is 4. The van der Waals surface area contributed by atoms with Crippen molar-refractivity contribution in [3.05, 3.63) is 200 Å². The van der Waals surface area contributed by atoms with Gasteiger partial charge in [0.05, 0.1) is 0 Å². The standard InChI is InChI=1S/C52H35N3S/c1-34-27-29-36(30-28-34)41-23-13-24-42(48(41)37-17-7-3-8-18-37)39-31-32-46-45(33-39)49-44(25-14-26-47(49)56-46)52-54-50(38-19-9-4-10-20-38)53-51(55-52)43-22-12-11-21-40(43)35-15-5-2-6-16-35/h2-33H,1H3. The predicted octanol–water partition coefficient (Wildman–Crippen LogP) is 14.2. The number of nitrogens with zero attached hydrogens (tertiary/aromatic N) is 3. The Kier molecular flexibility index (Phi) is 8.59. The third-order valence-corrected chi connectivity index (χ3v) is 11.6. The highest BCUT2D eigenvalue weighted by atomic mass is 32.1. The molecule has 56 heavy (non-hydrogen) atoms. The first-order valence-corrected chi connectivity index (χ1v) is 19.7. The van der Waals surface area contributed by atoms with Gasteiger partial charge in [0.15, 0.2) is 17.5 Å². The van der Waals surface area contributed by atoms with Gasteiger partial charge in [0.2, 0.25) is 0 Å². The molecule has 0 unspecified atom stereocenters. The molecular formula is C52H35N3S. The van der Waals surface area contributed by atoms with Crippen molar-refractivity contribution in [2.45, 2.75) is 6.92 Å². The summed E-state index contributed by atoms with van der Waals surface area (Å²) in [5.74, 6) is 1.94. The van der Waals surface area contributed by atoms with E-state index in [1.165, 1.54) is 48.2 Å². The van der Waals surface area contributed by atoms with Crippen LogP contribution in [0.15, 0.2) is 194 Å². The molecule has 8 aromatic carbocycles. The van der Waals surface area contributed by atoms with Crippen LogP contribution in [0.25, 0.3) is 98.8 Å². The minimum absolute atomic E-state index is 0.644. The first-order chi connectivity index (χ1) is 27.7. The Balaban J connectivity index is 1.19. The Morgan fingerprint density at radius 1 is 0.339 bits per heavy atom. The molecule has 0 bridgehead atoms. The number of thiophene rings is 1. The minimum atomic E-state index is 0.644. The van der Waals surface area contributed by atoms with Crippen molar-refractivity contribution < 1.29 is 0 Å². The van der Waals surface area contributed by atoms with E-state index in [2.05, 4.69) is 177 Å². The van der Waals surface area contributed by atoms with Gasteiger partial charge in [-0.25, -0.2) is 15.0 Å². The highest BCUT2D eigenvalue weighted by Crippen LogP contribution is 2.45. The third kappa shape index (κ3) is 6.16. The van der Waals surface area contributed by atoms with Gasteiger partial charge in [0.25, 0.3) is 0 Å². The molecule has 0 saturated heterocycles. The van der Waals surface area contributed by atoms with E-state index < -0.39 is 0 Å². The summed E-state index contributed by atoms with van der Waals surface area (Å²) in [6.45, 7) is 2.14. The van der Waals surface area contributed by atoms with E-state index >= 15 is 0 Å². The van der Waals surface area contributed by atoms with Gasteiger partial charge < -0.3 is 0 Å². The monoisotopic (exact) mass is 733 g/mol. The van der Waals surface area contributed by atoms with Crippen molar-refractivity contribution >= 4 is 31.5 Å². The highest BCUT2D eigenvalue weighted by Gasteiger charge is 2.20. The summed E-state index contributed by atoms with van der Waals surface area (Å²) in [5, 5.41) is 2.34. The molecule has 10 aromatic rings. The summed E-state index contributed by atoms with van der Waals surface area (Å²) in [6.07, 6.45) is 0. The summed E-state index contributed by atoms with van der Waals surface area (Å²) in [6, 6.07) is 68.7. The Morgan fingerprint density at radius 2 is 0.839 bits per heavy atom. The first-order valence-electron chi connectivity index (χ1n) is 18.9. The lowest BCUT2D eigenvalue weighted by atomic mass is 9.87. The van der Waals surface area contributed by atoms with Gasteiger partial charge in [-0.05, 0) is 69.6 Å². The molecule has 0 fully saturated rings. The largest absolute Gasteiger partial charge is 0.208 e. The molecule has 0 aliphatic carbocycles. The number of benzene rings is 8. The van der Waals surface area contributed by atoms with Crippen LogP contribution in [0, 0.1) is 6.92 Å². The van der Waals surface area contributed by atoms with E-state index in [1.54, 1.807) is 11.3 Å². The van der Waals surface area contributed by atoms with E-state index in [1.807, 2.05) is 24.3 Å². The average Bonchev–Trinajstić information content (AvgIpc) is 3.65. The van der Waals surface area contributed by atoms with E-state index in [4.69, 9.17) is 15.0 Å². The van der Waals surface area contributed by atoms with Crippen LogP contribution in [0.5, 0.6) is 0 Å². The number of aromatic nitrogens is 3. The molecule has 0 aliphatic heterocycles. The molecule has 2 aromatic heterocycles. The Morgan fingerprint density at radius 3 is 1.55 bits per heavy atom. The zero-order valence-corrected chi connectivity index (χ0v) is 31.5. The van der Waals surface area contributed by atoms with Crippen molar-refractivity contribution in [3.8, 4) is 78.7 Å². The van der Waals surface area contributed by atoms with Gasteiger partial charge in [-0.3, -0.25) is 0 Å². The molecule has 0 spiro atoms. The van der Waals surface area contributed by atoms with Crippen molar-refractivity contribution in [3.63, 3.8) is 0 Å². The van der Waals surface area contributed by atoms with E-state index in [0.29, 0.717) is 17.5 Å². The zero-order chi connectivity index (χ0) is 37.4. The Bertz CT molecular complexity index is 3010. The smallest absolute Gasteiger partial charge is 0.164 e. The van der Waals surface area contributed by atoms with Crippen LogP contribution < -0.4 is 0 Å². The highest BCUT2D eigenvalue weighted by molar-refractivity contribution is 7.26. The average molecular weight is 734 g/mol. The fourth-order valence-corrected chi connectivity index (χ4v) is 8.86. The van der Waals surface area contributed by atoms with Crippen molar-refractivity contribution in [2.75, 3.05) is 0 Å². The normalized spacial score (nSPS) is 11.3. The van der Waals surface area contributed by atoms with Crippen LogP contribution in [0.3, 0.4) is 0 Å². The summed E-state index contributed by atoms with van der Waals surface area (Å²) < 4.78 is 2.42. The van der Waals surface area contributed by atoms with Crippen molar-refractivity contribution in [2.24, 2.45) is 0 Å². The van der Waals surface area contributed by atoms with Gasteiger partial charge in [-0.15, -0.1) is 11.3 Å². The second-order valence-electron chi connectivity index (χ2n) is 14.0. The summed E-state index contributed by atoms with van der Waals surface area (Å²) in [4.78, 5) is 15.6. The predicted molar refractivity (Wildman–Crippen MR) is 236 cm³/mol. The number of hydrogen-bond donors (Lipinski definition) is 0. The van der Waals surface area contributed by atoms with Crippen LogP contribution in [0.4, 0.5) is 0 Å². The molecule has 4 heteroatoms. The van der Waals surface area contributed by atoms with E-state index in [-0.39, 0.29) is 0 Å². The second-order valence-corrected chi connectivity index (χ2v) is 15.1. The van der Waals surface area contributed by atoms with Gasteiger partial charge in [0.1, 0.15) is 0 Å². The van der Waals surface area contributed by atoms with Gasteiger partial charge in [0, 0.05) is 36.9 Å². The molecule has 0 N–H and O–H groups in total. The number of fused-ring (bicyclic) bond motifs is 3. The van der Waals surface area contributed by atoms with Crippen molar-refractivity contribution in [1.82, 2.24) is 15.0 Å². The molecule has 0 amide bonds. The molecule has 264 valence electrons. The quantitative estimate of drug-likeness (QED) is 0.164. The SMILES string of the molecule is Cc1ccc(-c2cccc(-c3ccc4sc5cccc(-c6nc(-c7ccccc7)nc(-c7ccccc7-c7ccccc7)n6)c5c4c3)c2-c2ccccc2)cc1. The second kappa shape index (κ2) is 14.3. The van der Waals surface area contributed by atoms with Crippen LogP contribution in [-0.2, 0) is 0 Å². The summed E-state index contributed by atoms with van der Waals surface area (Å²) >= 11 is 1.81. The van der Waals surface area contributed by atoms with Crippen LogP contribution in [0.1, 0.15) is 5.56 Å². The van der Waals surface area contributed by atoms with Crippen LogP contribution in [-0.4, -0.2) is 15.0 Å². The van der Waals surface area contributed by atoms with Crippen LogP contribution >= 0.6 is 11.3 Å². The molecule has 0 radical (unpaired) electrons. The van der Waals surface area contributed by atoms with Gasteiger partial charge in [-0.2, -0.15) is 0 Å². The lowest BCUT2D eigenvalue weighted by Crippen LogP contribution is -2.01. The molecule has 10 rings (SSSR count). The molecule has 0 atom stereocenters. The molecular weight excluding hydrogens is 699 g/mol. The fraction of sp³-hybridized carbons (Fsp3) is 0.0192. The van der Waals surface area contributed by atoms with E-state index in [0.717, 1.165) is 38.8 Å². The number of rotatable bonds is 7. The molecule has 0 saturated carbocycles. The van der Waals surface area contributed by atoms with E-state index in [9.17, 15) is 0 Å². The molecule has 0 aliphatic rings. The first kappa shape index (κ1) is 33.6. The minimum Gasteiger partial charge on any atom is -0.208 e. The van der Waals surface area contributed by atoms with Crippen LogP contribution in [0.2, 0.25) is 0 Å². The lowest BCUT2D eigenvalue weighted by molar-refractivity contribution is 1.08. The maximum absolute atomic E-state index is 5.29. The fourth-order valence-electron chi connectivity index (χ4n) is 7.74. The number of aryl methyl sites for hydroxylation is 1. The topological polar surface area (TPSA) is 38.7 Å².